The number of hydrogen-bond acceptors (Lipinski definition) is 6. The minimum absolute atomic E-state index is 0.170. The third-order valence-corrected chi connectivity index (χ3v) is 5.84. The van der Waals surface area contributed by atoms with E-state index in [9.17, 15) is 9.90 Å². The molecule has 1 atom stereocenters. The third-order valence-electron chi connectivity index (χ3n) is 5.84. The average molecular weight is 438 g/mol. The van der Waals surface area contributed by atoms with E-state index in [4.69, 9.17) is 21.1 Å². The molecule has 0 bridgehead atoms. The number of aryl methyl sites for hydroxylation is 1. The maximum absolute atomic E-state index is 11.5. The molecule has 0 radical (unpaired) electrons. The lowest BCUT2D eigenvalue weighted by molar-refractivity contribution is 0.0697. The van der Waals surface area contributed by atoms with Crippen LogP contribution in [0.5, 0.6) is 0 Å². The number of hydrogen-bond donors (Lipinski definition) is 2. The van der Waals surface area contributed by atoms with Crippen molar-refractivity contribution in [2.75, 3.05) is 11.9 Å². The summed E-state index contributed by atoms with van der Waals surface area (Å²) in [6.07, 6.45) is 11.4. The van der Waals surface area contributed by atoms with Gasteiger partial charge in [0.1, 0.15) is 11.3 Å². The number of carboxylic acid groups (broad SMARTS) is 1. The van der Waals surface area contributed by atoms with Crippen LogP contribution in [-0.2, 0) is 11.2 Å². The van der Waals surface area contributed by atoms with Gasteiger partial charge in [0.05, 0.1) is 17.2 Å². The lowest BCUT2D eigenvalue weighted by Gasteiger charge is -2.13. The zero-order valence-corrected chi connectivity index (χ0v) is 17.9. The molecule has 2 aromatic heterocycles. The van der Waals surface area contributed by atoms with Gasteiger partial charge in [-0.2, -0.15) is 0 Å². The molecule has 1 aliphatic heterocycles. The minimum Gasteiger partial charge on any atom is -0.478 e. The molecule has 2 N–H and O–H groups in total. The zero-order valence-electron chi connectivity index (χ0n) is 17.9. The molecule has 2 aromatic carbocycles. The van der Waals surface area contributed by atoms with E-state index < -0.39 is 5.97 Å². The lowest BCUT2D eigenvalue weighted by atomic mass is 10.1. The first-order valence-electron chi connectivity index (χ1n) is 10.9. The van der Waals surface area contributed by atoms with Gasteiger partial charge in [-0.15, -0.1) is 6.42 Å². The van der Waals surface area contributed by atoms with Crippen LogP contribution in [0.1, 0.15) is 41.0 Å². The summed E-state index contributed by atoms with van der Waals surface area (Å²) >= 11 is 0. The van der Waals surface area contributed by atoms with Gasteiger partial charge in [-0.3, -0.25) is 0 Å². The third kappa shape index (κ3) is 4.34. The van der Waals surface area contributed by atoms with Crippen LogP contribution in [0.25, 0.3) is 21.8 Å². The monoisotopic (exact) mass is 438 g/mol. The van der Waals surface area contributed by atoms with E-state index in [-0.39, 0.29) is 11.7 Å². The van der Waals surface area contributed by atoms with Crippen molar-refractivity contribution in [3.8, 4) is 12.3 Å². The molecule has 7 nitrogen and oxygen atoms in total. The van der Waals surface area contributed by atoms with Gasteiger partial charge in [-0.1, -0.05) is 18.1 Å². The fraction of sp³-hybridized carbons (Fsp3) is 0.231. The van der Waals surface area contributed by atoms with E-state index in [2.05, 4.69) is 16.2 Å². The quantitative estimate of drug-likeness (QED) is 0.332. The molecule has 0 amide bonds. The highest BCUT2D eigenvalue weighted by Gasteiger charge is 2.17. The van der Waals surface area contributed by atoms with Crippen LogP contribution >= 0.6 is 0 Å². The molecule has 3 heterocycles. The Kier molecular flexibility index (Phi) is 5.59. The van der Waals surface area contributed by atoms with Crippen molar-refractivity contribution in [1.82, 2.24) is 15.0 Å². The standard InChI is InChI=1S/C26H22N4O3/c1-2-16-5-3-6-18(13-16)28-25-24-21(20-10-8-17(26(31)32)14-22(20)29-25)15-27-23(30-24)11-9-19-7-4-12-33-19/h1,3,5-6,8,10,13-15,19H,4,7,9,11-12H2,(H,28,29)(H,31,32). The van der Waals surface area contributed by atoms with Crippen molar-refractivity contribution in [3.05, 3.63) is 65.6 Å². The first-order valence-corrected chi connectivity index (χ1v) is 10.9. The van der Waals surface area contributed by atoms with Crippen LogP contribution in [-0.4, -0.2) is 38.7 Å². The number of ether oxygens (including phenoxy) is 1. The molecule has 0 saturated carbocycles. The predicted octanol–water partition coefficient (Wildman–Crippen LogP) is 4.71. The summed E-state index contributed by atoms with van der Waals surface area (Å²) in [7, 11) is 0. The molecule has 1 unspecified atom stereocenters. The van der Waals surface area contributed by atoms with E-state index in [0.29, 0.717) is 23.3 Å². The van der Waals surface area contributed by atoms with Gasteiger partial charge >= 0.3 is 5.97 Å². The summed E-state index contributed by atoms with van der Waals surface area (Å²) in [5, 5.41) is 14.3. The van der Waals surface area contributed by atoms with Crippen molar-refractivity contribution in [3.63, 3.8) is 0 Å². The van der Waals surface area contributed by atoms with Gasteiger partial charge in [-0.05, 0) is 49.6 Å². The largest absolute Gasteiger partial charge is 0.478 e. The zero-order chi connectivity index (χ0) is 22.8. The smallest absolute Gasteiger partial charge is 0.335 e. The molecular formula is C26H22N4O3. The molecule has 1 saturated heterocycles. The van der Waals surface area contributed by atoms with Crippen LogP contribution in [0.15, 0.2) is 48.7 Å². The Hall–Kier alpha value is -4.02. The molecule has 0 aliphatic carbocycles. The number of anilines is 2. The molecule has 4 aromatic rings. The fourth-order valence-electron chi connectivity index (χ4n) is 4.15. The van der Waals surface area contributed by atoms with Crippen molar-refractivity contribution >= 4 is 39.3 Å². The summed E-state index contributed by atoms with van der Waals surface area (Å²) in [6.45, 7) is 0.822. The molecule has 1 aliphatic rings. The predicted molar refractivity (Wildman–Crippen MR) is 127 cm³/mol. The van der Waals surface area contributed by atoms with E-state index >= 15 is 0 Å². The fourth-order valence-corrected chi connectivity index (χ4v) is 4.15. The number of terminal acetylenes is 1. The second kappa shape index (κ2) is 8.85. The lowest BCUT2D eigenvalue weighted by Crippen LogP contribution is -2.08. The number of aromatic nitrogens is 3. The maximum Gasteiger partial charge on any atom is 0.335 e. The Morgan fingerprint density at radius 3 is 2.91 bits per heavy atom. The molecule has 164 valence electrons. The number of rotatable bonds is 6. The second-order valence-corrected chi connectivity index (χ2v) is 8.07. The van der Waals surface area contributed by atoms with Gasteiger partial charge in [0.15, 0.2) is 5.82 Å². The van der Waals surface area contributed by atoms with Crippen molar-refractivity contribution in [2.45, 2.75) is 31.8 Å². The van der Waals surface area contributed by atoms with Gasteiger partial charge < -0.3 is 15.2 Å². The number of carboxylic acids is 1. The van der Waals surface area contributed by atoms with E-state index in [1.165, 1.54) is 0 Å². The summed E-state index contributed by atoms with van der Waals surface area (Å²) in [5.41, 5.74) is 2.91. The Labute approximate surface area is 190 Å². The molecule has 7 heteroatoms. The highest BCUT2D eigenvalue weighted by molar-refractivity contribution is 6.09. The van der Waals surface area contributed by atoms with Crippen LogP contribution in [0.4, 0.5) is 11.5 Å². The Bertz CT molecular complexity index is 1400. The van der Waals surface area contributed by atoms with Crippen molar-refractivity contribution in [2.24, 2.45) is 0 Å². The number of aromatic carboxylic acids is 1. The normalized spacial score (nSPS) is 15.5. The minimum atomic E-state index is -1.00. The average Bonchev–Trinajstić information content (AvgIpc) is 3.36. The van der Waals surface area contributed by atoms with Crippen molar-refractivity contribution < 1.29 is 14.6 Å². The number of fused-ring (bicyclic) bond motifs is 3. The van der Waals surface area contributed by atoms with Gasteiger partial charge in [0.25, 0.3) is 0 Å². The first-order chi connectivity index (χ1) is 16.1. The van der Waals surface area contributed by atoms with E-state index in [0.717, 1.165) is 53.7 Å². The van der Waals surface area contributed by atoms with Gasteiger partial charge in [-0.25, -0.2) is 19.7 Å². The summed E-state index contributed by atoms with van der Waals surface area (Å²) in [4.78, 5) is 25.6. The Morgan fingerprint density at radius 1 is 1.21 bits per heavy atom. The highest BCUT2D eigenvalue weighted by Crippen LogP contribution is 2.31. The van der Waals surface area contributed by atoms with E-state index in [1.807, 2.05) is 24.3 Å². The summed E-state index contributed by atoms with van der Waals surface area (Å²) in [5.74, 6) is 2.87. The molecule has 33 heavy (non-hydrogen) atoms. The molecule has 5 rings (SSSR count). The molecular weight excluding hydrogens is 416 g/mol. The summed E-state index contributed by atoms with van der Waals surface area (Å²) < 4.78 is 5.73. The highest BCUT2D eigenvalue weighted by atomic mass is 16.5. The number of benzene rings is 2. The SMILES string of the molecule is C#Cc1cccc(Nc2nc3cc(C(=O)O)ccc3c3cnc(CCC4CCCO4)nc23)c1. The molecule has 0 spiro atoms. The second-order valence-electron chi connectivity index (χ2n) is 8.07. The molecule has 1 fully saturated rings. The van der Waals surface area contributed by atoms with Gasteiger partial charge in [0, 0.05) is 41.2 Å². The first kappa shape index (κ1) is 20.9. The van der Waals surface area contributed by atoms with Crippen LogP contribution in [0.2, 0.25) is 0 Å². The number of pyridine rings is 1. The number of nitrogens with one attached hydrogen (secondary N) is 1. The van der Waals surface area contributed by atoms with Crippen LogP contribution in [0, 0.1) is 12.3 Å². The van der Waals surface area contributed by atoms with Crippen LogP contribution in [0.3, 0.4) is 0 Å². The van der Waals surface area contributed by atoms with E-state index in [1.54, 1.807) is 24.4 Å². The Balaban J connectivity index is 1.60. The Morgan fingerprint density at radius 2 is 2.12 bits per heavy atom. The number of carbonyl (C=O) groups is 1. The van der Waals surface area contributed by atoms with Crippen molar-refractivity contribution in [1.29, 1.82) is 0 Å². The maximum atomic E-state index is 11.5. The van der Waals surface area contributed by atoms with Crippen LogP contribution < -0.4 is 5.32 Å². The number of nitrogens with zero attached hydrogens (tertiary/aromatic N) is 3. The topological polar surface area (TPSA) is 97.2 Å². The summed E-state index contributed by atoms with van der Waals surface area (Å²) in [6, 6.07) is 12.3. The van der Waals surface area contributed by atoms with Gasteiger partial charge in [0.2, 0.25) is 0 Å².